The summed E-state index contributed by atoms with van der Waals surface area (Å²) in [6.07, 6.45) is 2.30. The van der Waals surface area contributed by atoms with E-state index >= 15 is 0 Å². The van der Waals surface area contributed by atoms with Crippen LogP contribution in [0.5, 0.6) is 0 Å². The second-order valence-corrected chi connectivity index (χ2v) is 3.55. The molecule has 0 aromatic rings. The van der Waals surface area contributed by atoms with Crippen LogP contribution in [0.2, 0.25) is 0 Å². The molecule has 0 amide bonds. The van der Waals surface area contributed by atoms with Gasteiger partial charge in [0.15, 0.2) is 0 Å². The molecule has 0 bridgehead atoms. The minimum Gasteiger partial charge on any atom is -0.394 e. The Morgan fingerprint density at radius 2 is 1.64 bits per heavy atom. The van der Waals surface area contributed by atoms with Crippen molar-refractivity contribution in [3.05, 3.63) is 0 Å². The molecule has 0 aromatic heterocycles. The van der Waals surface area contributed by atoms with Crippen LogP contribution in [0.4, 0.5) is 0 Å². The van der Waals surface area contributed by atoms with Crippen molar-refractivity contribution in [2.24, 2.45) is 5.73 Å². The molecule has 6 heteroatoms. The van der Waals surface area contributed by atoms with Crippen LogP contribution in [0.25, 0.3) is 0 Å². The first-order valence-electron chi connectivity index (χ1n) is 4.40. The Balaban J connectivity index is 0. The standard InChI is InChI=1S/C4H11NO3.C4H11OP/c5-4(1-6,2-7)3-8;1-5-3-2-4-6/h6-8H,1-3,5H2;2-4,6H2,1H3. The second kappa shape index (κ2) is 11.3. The summed E-state index contributed by atoms with van der Waals surface area (Å²) in [4.78, 5) is 0. The van der Waals surface area contributed by atoms with E-state index in [-0.39, 0.29) is 0 Å². The van der Waals surface area contributed by atoms with Gasteiger partial charge in [0.25, 0.3) is 0 Å². The van der Waals surface area contributed by atoms with Gasteiger partial charge < -0.3 is 25.8 Å². The maximum absolute atomic E-state index is 8.34. The average molecular weight is 227 g/mol. The van der Waals surface area contributed by atoms with Gasteiger partial charge in [-0.2, -0.15) is 0 Å². The van der Waals surface area contributed by atoms with Crippen LogP contribution >= 0.6 is 9.24 Å². The molecule has 0 rings (SSSR count). The molecule has 0 aromatic carbocycles. The van der Waals surface area contributed by atoms with Crippen LogP contribution in [0.1, 0.15) is 6.42 Å². The van der Waals surface area contributed by atoms with E-state index in [4.69, 9.17) is 25.8 Å². The van der Waals surface area contributed by atoms with Gasteiger partial charge in [0.05, 0.1) is 25.4 Å². The molecule has 0 aliphatic rings. The Morgan fingerprint density at radius 1 is 1.21 bits per heavy atom. The van der Waals surface area contributed by atoms with Crippen molar-refractivity contribution in [2.75, 3.05) is 39.7 Å². The van der Waals surface area contributed by atoms with Crippen molar-refractivity contribution >= 4 is 9.24 Å². The van der Waals surface area contributed by atoms with Crippen LogP contribution in [-0.4, -0.2) is 60.6 Å². The van der Waals surface area contributed by atoms with Gasteiger partial charge in [-0.3, -0.25) is 0 Å². The molecule has 88 valence electrons. The van der Waals surface area contributed by atoms with Crippen molar-refractivity contribution < 1.29 is 20.1 Å². The predicted molar refractivity (Wildman–Crippen MR) is 59.2 cm³/mol. The molecule has 0 aliphatic carbocycles. The molecule has 0 heterocycles. The summed E-state index contributed by atoms with van der Waals surface area (Å²) in [6.45, 7) is -0.316. The van der Waals surface area contributed by atoms with Crippen molar-refractivity contribution in [2.45, 2.75) is 12.0 Å². The third-order valence-corrected chi connectivity index (χ3v) is 1.91. The van der Waals surface area contributed by atoms with Gasteiger partial charge in [-0.25, -0.2) is 0 Å². The first-order chi connectivity index (χ1) is 6.60. The van der Waals surface area contributed by atoms with Crippen molar-refractivity contribution in [3.63, 3.8) is 0 Å². The topological polar surface area (TPSA) is 95.9 Å². The smallest absolute Gasteiger partial charge is 0.0856 e. The van der Waals surface area contributed by atoms with Crippen LogP contribution in [0.3, 0.4) is 0 Å². The summed E-state index contributed by atoms with van der Waals surface area (Å²) in [7, 11) is 4.37. The molecule has 5 N–H and O–H groups in total. The lowest BCUT2D eigenvalue weighted by Gasteiger charge is -2.20. The molecule has 0 aliphatic heterocycles. The first-order valence-corrected chi connectivity index (χ1v) is 5.22. The van der Waals surface area contributed by atoms with E-state index in [1.807, 2.05) is 0 Å². The predicted octanol–water partition coefficient (Wildman–Crippen LogP) is -1.44. The lowest BCUT2D eigenvalue weighted by molar-refractivity contribution is 0.0698. The van der Waals surface area contributed by atoms with E-state index in [1.54, 1.807) is 7.11 Å². The summed E-state index contributed by atoms with van der Waals surface area (Å²) in [5, 5.41) is 25.0. The van der Waals surface area contributed by atoms with E-state index in [1.165, 1.54) is 0 Å². The molecule has 14 heavy (non-hydrogen) atoms. The zero-order valence-electron chi connectivity index (χ0n) is 8.65. The highest BCUT2D eigenvalue weighted by Crippen LogP contribution is 1.93. The zero-order chi connectivity index (χ0) is 11.4. The molecular weight excluding hydrogens is 205 g/mol. The lowest BCUT2D eigenvalue weighted by atomic mass is 10.1. The minimum absolute atomic E-state index is 0.403. The highest BCUT2D eigenvalue weighted by Gasteiger charge is 2.20. The van der Waals surface area contributed by atoms with Gasteiger partial charge in [0, 0.05) is 13.7 Å². The SMILES string of the molecule is COCCCP.NC(CO)(CO)CO. The normalized spacial score (nSPS) is 10.7. The molecular formula is C8H22NO4P. The van der Waals surface area contributed by atoms with Gasteiger partial charge >= 0.3 is 0 Å². The van der Waals surface area contributed by atoms with Crippen molar-refractivity contribution in [1.82, 2.24) is 0 Å². The van der Waals surface area contributed by atoms with E-state index in [0.29, 0.717) is 0 Å². The Bertz CT molecular complexity index is 99.2. The Morgan fingerprint density at radius 3 is 1.71 bits per heavy atom. The van der Waals surface area contributed by atoms with Gasteiger partial charge in [-0.1, -0.05) is 0 Å². The Kier molecular flexibility index (Phi) is 13.4. The first kappa shape index (κ1) is 16.7. The third-order valence-electron chi connectivity index (χ3n) is 1.50. The summed E-state index contributed by atoms with van der Waals surface area (Å²) in [5.41, 5.74) is 3.94. The number of rotatable bonds is 6. The molecule has 1 unspecified atom stereocenters. The fourth-order valence-electron chi connectivity index (χ4n) is 0.378. The van der Waals surface area contributed by atoms with Gasteiger partial charge in [0.2, 0.25) is 0 Å². The number of aliphatic hydroxyl groups is 3. The van der Waals surface area contributed by atoms with Crippen LogP contribution in [0, 0.1) is 0 Å². The highest BCUT2D eigenvalue weighted by molar-refractivity contribution is 7.16. The number of aliphatic hydroxyl groups excluding tert-OH is 3. The number of hydrogen-bond donors (Lipinski definition) is 4. The lowest BCUT2D eigenvalue weighted by Crippen LogP contribution is -2.50. The molecule has 0 saturated carbocycles. The molecule has 1 atom stereocenters. The van der Waals surface area contributed by atoms with E-state index in [9.17, 15) is 0 Å². The monoisotopic (exact) mass is 227 g/mol. The van der Waals surface area contributed by atoms with Gasteiger partial charge in [0.1, 0.15) is 0 Å². The largest absolute Gasteiger partial charge is 0.394 e. The summed E-state index contributed by atoms with van der Waals surface area (Å²) in [6, 6.07) is 0. The Hall–Kier alpha value is 0.230. The molecule has 0 spiro atoms. The Labute approximate surface area is 87.5 Å². The average Bonchev–Trinajstić information content (AvgIpc) is 2.26. The van der Waals surface area contributed by atoms with Crippen LogP contribution in [0.15, 0.2) is 0 Å². The van der Waals surface area contributed by atoms with E-state index in [0.717, 1.165) is 19.2 Å². The van der Waals surface area contributed by atoms with Crippen LogP contribution < -0.4 is 5.73 Å². The number of methoxy groups -OCH3 is 1. The van der Waals surface area contributed by atoms with Crippen molar-refractivity contribution in [1.29, 1.82) is 0 Å². The summed E-state index contributed by atoms with van der Waals surface area (Å²) >= 11 is 0. The maximum atomic E-state index is 8.34. The zero-order valence-corrected chi connectivity index (χ0v) is 9.80. The summed E-state index contributed by atoms with van der Waals surface area (Å²) in [5.74, 6) is 0. The number of nitrogens with two attached hydrogens (primary N) is 1. The van der Waals surface area contributed by atoms with Crippen LogP contribution in [-0.2, 0) is 4.74 Å². The molecule has 0 radical (unpaired) electrons. The quantitative estimate of drug-likeness (QED) is 0.329. The second-order valence-electron chi connectivity index (χ2n) is 2.97. The molecule has 0 fully saturated rings. The van der Waals surface area contributed by atoms with E-state index in [2.05, 4.69) is 9.24 Å². The number of hydrogen-bond acceptors (Lipinski definition) is 5. The van der Waals surface area contributed by atoms with E-state index < -0.39 is 25.4 Å². The maximum Gasteiger partial charge on any atom is 0.0856 e. The highest BCUT2D eigenvalue weighted by atomic mass is 31.0. The number of ether oxygens (including phenoxy) is 1. The fourth-order valence-corrected chi connectivity index (χ4v) is 0.544. The van der Waals surface area contributed by atoms with Gasteiger partial charge in [-0.05, 0) is 12.6 Å². The summed E-state index contributed by atoms with van der Waals surface area (Å²) < 4.78 is 4.77. The fraction of sp³-hybridized carbons (Fsp3) is 1.00. The molecule has 5 nitrogen and oxygen atoms in total. The molecule has 0 saturated heterocycles. The van der Waals surface area contributed by atoms with Gasteiger partial charge in [-0.15, -0.1) is 9.24 Å². The van der Waals surface area contributed by atoms with Crippen molar-refractivity contribution in [3.8, 4) is 0 Å². The third kappa shape index (κ3) is 10.3. The minimum atomic E-state index is -1.21.